The molecule has 0 saturated carbocycles. The van der Waals surface area contributed by atoms with Crippen LogP contribution in [0.25, 0.3) is 44.3 Å². The molecule has 0 atom stereocenters. The predicted molar refractivity (Wildman–Crippen MR) is 115 cm³/mol. The quantitative estimate of drug-likeness (QED) is 0.177. The number of aromatic carboxylic acids is 1. The van der Waals surface area contributed by atoms with Crippen molar-refractivity contribution in [2.45, 2.75) is 0 Å². The number of nitrogens with zero attached hydrogens (tertiary/aromatic N) is 2. The lowest BCUT2D eigenvalue weighted by molar-refractivity contribution is 0.0699. The maximum atomic E-state index is 14.5. The van der Waals surface area contributed by atoms with Crippen LogP contribution in [0.1, 0.15) is 10.4 Å². The fourth-order valence-electron chi connectivity index (χ4n) is 3.82. The summed E-state index contributed by atoms with van der Waals surface area (Å²) in [4.78, 5) is 20.3. The van der Waals surface area contributed by atoms with Crippen LogP contribution in [0.4, 0.5) is 26.3 Å². The van der Waals surface area contributed by atoms with E-state index in [0.717, 1.165) is 36.4 Å². The average molecular weight is 484 g/mol. The molecule has 35 heavy (non-hydrogen) atoms. The first-order valence-corrected chi connectivity index (χ1v) is 9.91. The van der Waals surface area contributed by atoms with Crippen molar-refractivity contribution in [1.29, 1.82) is 0 Å². The fraction of sp³-hybridized carbons (Fsp3) is 0. The summed E-state index contributed by atoms with van der Waals surface area (Å²) < 4.78 is 83.6. The molecule has 3 aromatic carbocycles. The maximum absolute atomic E-state index is 14.5. The van der Waals surface area contributed by atoms with Gasteiger partial charge in [0.15, 0.2) is 23.3 Å². The van der Waals surface area contributed by atoms with Crippen molar-refractivity contribution >= 4 is 27.8 Å². The molecule has 5 rings (SSSR count). The Balaban J connectivity index is 1.87. The highest BCUT2D eigenvalue weighted by Gasteiger charge is 2.23. The fourth-order valence-corrected chi connectivity index (χ4v) is 3.82. The number of carboxylic acids is 1. The van der Waals surface area contributed by atoms with E-state index in [1.54, 1.807) is 0 Å². The Hall–Kier alpha value is -4.47. The molecule has 174 valence electrons. The summed E-state index contributed by atoms with van der Waals surface area (Å²) in [5, 5.41) is 9.79. The van der Waals surface area contributed by atoms with Crippen LogP contribution in [-0.4, -0.2) is 21.0 Å². The summed E-state index contributed by atoms with van der Waals surface area (Å²) in [5.74, 6) is -10.2. The van der Waals surface area contributed by atoms with Crippen molar-refractivity contribution in [3.05, 3.63) is 95.1 Å². The zero-order chi connectivity index (χ0) is 25.0. The van der Waals surface area contributed by atoms with Crippen molar-refractivity contribution in [2.75, 3.05) is 0 Å². The van der Waals surface area contributed by atoms with Crippen LogP contribution in [0.5, 0.6) is 0 Å². The lowest BCUT2D eigenvalue weighted by Gasteiger charge is -2.13. The molecule has 0 aliphatic heterocycles. The van der Waals surface area contributed by atoms with E-state index < -0.39 is 46.4 Å². The third kappa shape index (κ3) is 3.72. The molecule has 0 radical (unpaired) electrons. The van der Waals surface area contributed by atoms with Crippen LogP contribution in [0.15, 0.2) is 54.6 Å². The molecule has 2 heterocycles. The van der Waals surface area contributed by atoms with E-state index in [2.05, 4.69) is 9.97 Å². The second kappa shape index (κ2) is 8.08. The van der Waals surface area contributed by atoms with Crippen molar-refractivity contribution in [3.8, 4) is 22.5 Å². The SMILES string of the molecule is O=C(O)c1cc(-c2cc(-c3cc(F)c(F)c(F)c3F)nc3ccc(F)cc23)nc2ccc(F)cc12. The molecule has 10 heteroatoms. The van der Waals surface area contributed by atoms with Crippen LogP contribution in [0.2, 0.25) is 0 Å². The highest BCUT2D eigenvalue weighted by atomic mass is 19.2. The third-order valence-corrected chi connectivity index (χ3v) is 5.43. The number of carbonyl (C=O) groups is 1. The number of halogens is 6. The molecule has 0 aliphatic carbocycles. The van der Waals surface area contributed by atoms with Crippen LogP contribution < -0.4 is 0 Å². The lowest BCUT2D eigenvalue weighted by Crippen LogP contribution is -2.02. The van der Waals surface area contributed by atoms with E-state index in [0.29, 0.717) is 6.07 Å². The topological polar surface area (TPSA) is 63.1 Å². The summed E-state index contributed by atoms with van der Waals surface area (Å²) in [6.07, 6.45) is 0. The van der Waals surface area contributed by atoms with E-state index in [-0.39, 0.29) is 44.3 Å². The number of pyridine rings is 2. The first kappa shape index (κ1) is 22.3. The third-order valence-electron chi connectivity index (χ3n) is 5.43. The Kier molecular flexibility index (Phi) is 5.16. The number of aromatic nitrogens is 2. The average Bonchev–Trinajstić information content (AvgIpc) is 2.83. The molecule has 4 nitrogen and oxygen atoms in total. The van der Waals surface area contributed by atoms with Gasteiger partial charge < -0.3 is 5.11 Å². The highest BCUT2D eigenvalue weighted by Crippen LogP contribution is 2.35. The first-order chi connectivity index (χ1) is 16.6. The minimum atomic E-state index is -2.04. The van der Waals surface area contributed by atoms with Crippen LogP contribution in [0, 0.1) is 34.9 Å². The molecule has 0 aliphatic rings. The number of rotatable bonds is 3. The molecule has 0 amide bonds. The summed E-state index contributed by atoms with van der Waals surface area (Å²) in [6, 6.07) is 9.30. The van der Waals surface area contributed by atoms with Crippen molar-refractivity contribution in [1.82, 2.24) is 9.97 Å². The van der Waals surface area contributed by atoms with E-state index in [1.165, 1.54) is 12.1 Å². The highest BCUT2D eigenvalue weighted by molar-refractivity contribution is 6.05. The Morgan fingerprint density at radius 2 is 1.20 bits per heavy atom. The molecular weight excluding hydrogens is 474 g/mol. The van der Waals surface area contributed by atoms with Crippen molar-refractivity contribution in [3.63, 3.8) is 0 Å². The predicted octanol–water partition coefficient (Wildman–Crippen LogP) is 6.65. The molecule has 0 spiro atoms. The van der Waals surface area contributed by atoms with Gasteiger partial charge in [-0.25, -0.2) is 41.1 Å². The van der Waals surface area contributed by atoms with E-state index in [4.69, 9.17) is 0 Å². The molecule has 0 saturated heterocycles. The second-order valence-electron chi connectivity index (χ2n) is 7.59. The molecule has 0 fully saturated rings. The number of hydrogen-bond acceptors (Lipinski definition) is 3. The summed E-state index contributed by atoms with van der Waals surface area (Å²) in [5.41, 5.74) is -1.22. The van der Waals surface area contributed by atoms with Gasteiger partial charge in [0.05, 0.1) is 28.0 Å². The van der Waals surface area contributed by atoms with Gasteiger partial charge in [0, 0.05) is 21.9 Å². The number of carboxylic acid groups (broad SMARTS) is 1. The van der Waals surface area contributed by atoms with Gasteiger partial charge in [-0.2, -0.15) is 0 Å². The molecule has 0 unspecified atom stereocenters. The Morgan fingerprint density at radius 1 is 0.629 bits per heavy atom. The van der Waals surface area contributed by atoms with Gasteiger partial charge >= 0.3 is 5.97 Å². The Morgan fingerprint density at radius 3 is 1.83 bits per heavy atom. The standard InChI is InChI=1S/C25H10F6N2O2/c26-10-1-3-18-12(5-10)14(8-21(33-18)16-7-17(28)23(30)24(31)22(16)29)20-9-15(25(34)35)13-6-11(27)2-4-19(13)32-20/h1-9H,(H,34,35). The van der Waals surface area contributed by atoms with Crippen LogP contribution in [0.3, 0.4) is 0 Å². The van der Waals surface area contributed by atoms with Crippen molar-refractivity contribution in [2.24, 2.45) is 0 Å². The largest absolute Gasteiger partial charge is 0.478 e. The summed E-state index contributed by atoms with van der Waals surface area (Å²) in [7, 11) is 0. The Labute approximate surface area is 192 Å². The molecule has 2 aromatic heterocycles. The second-order valence-corrected chi connectivity index (χ2v) is 7.59. The minimum absolute atomic E-state index is 0.000244. The van der Waals surface area contributed by atoms with Gasteiger partial charge in [0.2, 0.25) is 0 Å². The molecule has 5 aromatic rings. The number of benzene rings is 3. The monoisotopic (exact) mass is 484 g/mol. The molecular formula is C25H10F6N2O2. The summed E-state index contributed by atoms with van der Waals surface area (Å²) in [6.45, 7) is 0. The lowest BCUT2D eigenvalue weighted by atomic mass is 9.98. The maximum Gasteiger partial charge on any atom is 0.336 e. The van der Waals surface area contributed by atoms with Gasteiger partial charge in [0.25, 0.3) is 0 Å². The van der Waals surface area contributed by atoms with Gasteiger partial charge in [-0.05, 0) is 54.6 Å². The number of fused-ring (bicyclic) bond motifs is 2. The van der Waals surface area contributed by atoms with E-state index >= 15 is 0 Å². The van der Waals surface area contributed by atoms with E-state index in [1.807, 2.05) is 0 Å². The molecule has 1 N–H and O–H groups in total. The summed E-state index contributed by atoms with van der Waals surface area (Å²) >= 11 is 0. The van der Waals surface area contributed by atoms with Gasteiger partial charge in [-0.1, -0.05) is 0 Å². The number of hydrogen-bond donors (Lipinski definition) is 1. The smallest absolute Gasteiger partial charge is 0.336 e. The van der Waals surface area contributed by atoms with Crippen LogP contribution >= 0.6 is 0 Å². The van der Waals surface area contributed by atoms with Crippen molar-refractivity contribution < 1.29 is 36.2 Å². The molecule has 0 bridgehead atoms. The Bertz CT molecular complexity index is 1700. The van der Waals surface area contributed by atoms with Gasteiger partial charge in [-0.15, -0.1) is 0 Å². The normalized spacial score (nSPS) is 11.4. The first-order valence-electron chi connectivity index (χ1n) is 9.91. The van der Waals surface area contributed by atoms with Gasteiger partial charge in [-0.3, -0.25) is 0 Å². The van der Waals surface area contributed by atoms with E-state index in [9.17, 15) is 36.2 Å². The van der Waals surface area contributed by atoms with Gasteiger partial charge in [0.1, 0.15) is 11.6 Å². The van der Waals surface area contributed by atoms with Crippen LogP contribution in [-0.2, 0) is 0 Å². The zero-order valence-corrected chi connectivity index (χ0v) is 17.2. The zero-order valence-electron chi connectivity index (χ0n) is 17.2. The minimum Gasteiger partial charge on any atom is -0.478 e.